The summed E-state index contributed by atoms with van der Waals surface area (Å²) in [6, 6.07) is 14.8. The van der Waals surface area contributed by atoms with Crippen LogP contribution in [0.15, 0.2) is 48.5 Å². The number of anilines is 1. The zero-order valence-corrected chi connectivity index (χ0v) is 14.9. The van der Waals surface area contributed by atoms with Gasteiger partial charge >= 0.3 is 0 Å². The van der Waals surface area contributed by atoms with Crippen molar-refractivity contribution in [3.8, 4) is 11.5 Å². The molecule has 1 unspecified atom stereocenters. The third kappa shape index (κ3) is 3.96. The maximum Gasteiger partial charge on any atom is 0.267 e. The van der Waals surface area contributed by atoms with E-state index >= 15 is 0 Å². The van der Waals surface area contributed by atoms with Crippen LogP contribution in [0.3, 0.4) is 0 Å². The molecule has 0 fully saturated rings. The third-order valence-electron chi connectivity index (χ3n) is 4.35. The minimum Gasteiger partial charge on any atom is -0.497 e. The summed E-state index contributed by atoms with van der Waals surface area (Å²) in [6.07, 6.45) is 0.120. The van der Waals surface area contributed by atoms with Gasteiger partial charge in [0.1, 0.15) is 11.5 Å². The van der Waals surface area contributed by atoms with Crippen LogP contribution in [0.25, 0.3) is 0 Å². The average molecular weight is 354 g/mol. The van der Waals surface area contributed by atoms with Crippen LogP contribution in [0.2, 0.25) is 0 Å². The molecule has 1 atom stereocenters. The Morgan fingerprint density at radius 3 is 2.65 bits per heavy atom. The maximum absolute atomic E-state index is 12.4. The molecule has 1 aliphatic rings. The number of carbonyl (C=O) groups is 2. The Hall–Kier alpha value is -3.02. The molecular formula is C20H22N2O4. The molecule has 2 amide bonds. The van der Waals surface area contributed by atoms with E-state index in [1.54, 1.807) is 19.1 Å². The molecule has 136 valence electrons. The summed E-state index contributed by atoms with van der Waals surface area (Å²) in [4.78, 5) is 26.1. The quantitative estimate of drug-likeness (QED) is 0.863. The van der Waals surface area contributed by atoms with Gasteiger partial charge in [0.25, 0.3) is 5.91 Å². The summed E-state index contributed by atoms with van der Waals surface area (Å²) in [7, 11) is 3.34. The first-order valence-electron chi connectivity index (χ1n) is 8.51. The van der Waals surface area contributed by atoms with Gasteiger partial charge in [-0.3, -0.25) is 9.59 Å². The van der Waals surface area contributed by atoms with Crippen molar-refractivity contribution < 1.29 is 19.1 Å². The van der Waals surface area contributed by atoms with E-state index in [2.05, 4.69) is 5.32 Å². The van der Waals surface area contributed by atoms with E-state index in [0.29, 0.717) is 18.7 Å². The fourth-order valence-electron chi connectivity index (χ4n) is 2.89. The van der Waals surface area contributed by atoms with Crippen LogP contribution in [0.1, 0.15) is 12.0 Å². The number of methoxy groups -OCH3 is 1. The van der Waals surface area contributed by atoms with Crippen LogP contribution in [0.5, 0.6) is 11.5 Å². The van der Waals surface area contributed by atoms with Crippen LogP contribution in [-0.2, 0) is 16.0 Å². The van der Waals surface area contributed by atoms with E-state index < -0.39 is 6.10 Å². The highest BCUT2D eigenvalue weighted by atomic mass is 16.5. The third-order valence-corrected chi connectivity index (χ3v) is 4.35. The van der Waals surface area contributed by atoms with E-state index in [4.69, 9.17) is 9.47 Å². The van der Waals surface area contributed by atoms with Crippen molar-refractivity contribution >= 4 is 17.5 Å². The fourth-order valence-corrected chi connectivity index (χ4v) is 2.89. The standard InChI is InChI=1S/C20H22N2O4/c1-22-16-5-3-4-6-17(16)26-18(20(22)24)11-12-21-19(23)13-14-7-9-15(25-2)10-8-14/h3-10,18H,11-13H2,1-2H3,(H,21,23). The number of rotatable bonds is 6. The summed E-state index contributed by atoms with van der Waals surface area (Å²) in [5.74, 6) is 1.25. The molecule has 2 aromatic rings. The van der Waals surface area contributed by atoms with Crippen molar-refractivity contribution in [2.24, 2.45) is 0 Å². The Balaban J connectivity index is 1.50. The lowest BCUT2D eigenvalue weighted by atomic mass is 10.1. The summed E-state index contributed by atoms with van der Waals surface area (Å²) < 4.78 is 10.9. The summed E-state index contributed by atoms with van der Waals surface area (Å²) in [5.41, 5.74) is 1.67. The molecule has 0 radical (unpaired) electrons. The van der Waals surface area contributed by atoms with Crippen molar-refractivity contribution in [1.29, 1.82) is 0 Å². The zero-order chi connectivity index (χ0) is 18.5. The van der Waals surface area contributed by atoms with E-state index in [1.807, 2.05) is 48.5 Å². The molecule has 1 N–H and O–H groups in total. The lowest BCUT2D eigenvalue weighted by Gasteiger charge is -2.31. The van der Waals surface area contributed by atoms with Gasteiger partial charge in [-0.1, -0.05) is 24.3 Å². The molecule has 1 heterocycles. The number of para-hydroxylation sites is 2. The predicted molar refractivity (Wildman–Crippen MR) is 98.6 cm³/mol. The topological polar surface area (TPSA) is 67.9 Å². The normalized spacial score (nSPS) is 15.8. The van der Waals surface area contributed by atoms with E-state index in [-0.39, 0.29) is 18.2 Å². The molecular weight excluding hydrogens is 332 g/mol. The lowest BCUT2D eigenvalue weighted by Crippen LogP contribution is -2.45. The van der Waals surface area contributed by atoms with Gasteiger partial charge in [0.05, 0.1) is 19.2 Å². The number of carbonyl (C=O) groups excluding carboxylic acids is 2. The monoisotopic (exact) mass is 354 g/mol. The van der Waals surface area contributed by atoms with Gasteiger partial charge in [0.2, 0.25) is 5.91 Å². The number of fused-ring (bicyclic) bond motifs is 1. The predicted octanol–water partition coefficient (Wildman–Crippen LogP) is 2.17. The van der Waals surface area contributed by atoms with Gasteiger partial charge in [-0.05, 0) is 29.8 Å². The highest BCUT2D eigenvalue weighted by Gasteiger charge is 2.31. The Morgan fingerprint density at radius 1 is 1.19 bits per heavy atom. The molecule has 6 heteroatoms. The molecule has 0 aliphatic carbocycles. The van der Waals surface area contributed by atoms with Gasteiger partial charge in [0, 0.05) is 20.0 Å². The highest BCUT2D eigenvalue weighted by molar-refractivity contribution is 5.99. The minimum atomic E-state index is -0.587. The highest BCUT2D eigenvalue weighted by Crippen LogP contribution is 2.33. The number of ether oxygens (including phenoxy) is 2. The van der Waals surface area contributed by atoms with Crippen LogP contribution in [-0.4, -0.2) is 38.6 Å². The number of likely N-dealkylation sites (N-methyl/N-ethyl adjacent to an activating group) is 1. The number of hydrogen-bond donors (Lipinski definition) is 1. The van der Waals surface area contributed by atoms with E-state index in [1.165, 1.54) is 0 Å². The van der Waals surface area contributed by atoms with Crippen LogP contribution < -0.4 is 19.7 Å². The smallest absolute Gasteiger partial charge is 0.267 e. The molecule has 0 saturated carbocycles. The Bertz CT molecular complexity index is 789. The van der Waals surface area contributed by atoms with Crippen LogP contribution >= 0.6 is 0 Å². The first-order valence-corrected chi connectivity index (χ1v) is 8.51. The summed E-state index contributed by atoms with van der Waals surface area (Å²) in [5, 5.41) is 2.85. The molecule has 3 rings (SSSR count). The zero-order valence-electron chi connectivity index (χ0n) is 14.9. The Labute approximate surface area is 152 Å². The summed E-state index contributed by atoms with van der Waals surface area (Å²) >= 11 is 0. The second kappa shape index (κ2) is 7.91. The Morgan fingerprint density at radius 2 is 1.92 bits per heavy atom. The largest absolute Gasteiger partial charge is 0.497 e. The van der Waals surface area contributed by atoms with Gasteiger partial charge < -0.3 is 19.7 Å². The second-order valence-electron chi connectivity index (χ2n) is 6.13. The van der Waals surface area contributed by atoms with Gasteiger partial charge in [-0.2, -0.15) is 0 Å². The molecule has 6 nitrogen and oxygen atoms in total. The number of benzene rings is 2. The molecule has 0 spiro atoms. The van der Waals surface area contributed by atoms with Gasteiger partial charge in [-0.25, -0.2) is 0 Å². The molecule has 26 heavy (non-hydrogen) atoms. The number of amides is 2. The molecule has 0 saturated heterocycles. The van der Waals surface area contributed by atoms with Crippen molar-refractivity contribution in [2.75, 3.05) is 25.6 Å². The lowest BCUT2D eigenvalue weighted by molar-refractivity contribution is -0.127. The Kier molecular flexibility index (Phi) is 5.41. The van der Waals surface area contributed by atoms with Gasteiger partial charge in [0.15, 0.2) is 6.10 Å². The van der Waals surface area contributed by atoms with Crippen LogP contribution in [0, 0.1) is 0 Å². The number of nitrogens with zero attached hydrogens (tertiary/aromatic N) is 1. The number of hydrogen-bond acceptors (Lipinski definition) is 4. The molecule has 1 aliphatic heterocycles. The van der Waals surface area contributed by atoms with Crippen molar-refractivity contribution in [2.45, 2.75) is 18.9 Å². The molecule has 0 aromatic heterocycles. The van der Waals surface area contributed by atoms with E-state index in [9.17, 15) is 9.59 Å². The first kappa shape index (κ1) is 17.8. The van der Waals surface area contributed by atoms with Crippen LogP contribution in [0.4, 0.5) is 5.69 Å². The first-order chi connectivity index (χ1) is 12.6. The van der Waals surface area contributed by atoms with Gasteiger partial charge in [-0.15, -0.1) is 0 Å². The minimum absolute atomic E-state index is 0.0906. The maximum atomic E-state index is 12.4. The van der Waals surface area contributed by atoms with Crippen molar-refractivity contribution in [3.63, 3.8) is 0 Å². The van der Waals surface area contributed by atoms with Crippen molar-refractivity contribution in [1.82, 2.24) is 5.32 Å². The molecule has 0 bridgehead atoms. The SMILES string of the molecule is COc1ccc(CC(=O)NCCC2Oc3ccccc3N(C)C2=O)cc1. The molecule has 2 aromatic carbocycles. The fraction of sp³-hybridized carbons (Fsp3) is 0.300. The number of nitrogens with one attached hydrogen (secondary N) is 1. The summed E-state index contributed by atoms with van der Waals surface area (Å²) in [6.45, 7) is 0.376. The average Bonchev–Trinajstić information content (AvgIpc) is 2.66. The van der Waals surface area contributed by atoms with Crippen molar-refractivity contribution in [3.05, 3.63) is 54.1 Å². The van der Waals surface area contributed by atoms with E-state index in [0.717, 1.165) is 17.0 Å². The second-order valence-corrected chi connectivity index (χ2v) is 6.13.